The summed E-state index contributed by atoms with van der Waals surface area (Å²) in [7, 11) is 0. The summed E-state index contributed by atoms with van der Waals surface area (Å²) in [6.45, 7) is 0. The number of aliphatic carboxylic acids is 2. The van der Waals surface area contributed by atoms with E-state index in [1.165, 1.54) is 18.2 Å². The molecule has 1 aromatic carbocycles. The fourth-order valence-corrected chi connectivity index (χ4v) is 1.86. The second-order valence-electron chi connectivity index (χ2n) is 4.90. The largest absolute Gasteiger partial charge is 0.507 e. The van der Waals surface area contributed by atoms with Crippen molar-refractivity contribution in [3.05, 3.63) is 29.3 Å². The third-order valence-corrected chi connectivity index (χ3v) is 3.11. The van der Waals surface area contributed by atoms with Crippen LogP contribution < -0.4 is 11.5 Å². The van der Waals surface area contributed by atoms with E-state index in [1.807, 2.05) is 0 Å². The van der Waals surface area contributed by atoms with Crippen molar-refractivity contribution in [1.82, 2.24) is 0 Å². The van der Waals surface area contributed by atoms with E-state index in [2.05, 4.69) is 0 Å². The predicted octanol–water partition coefficient (Wildman–Crippen LogP) is -0.279. The zero-order valence-corrected chi connectivity index (χ0v) is 11.7. The number of aromatic hydroxyl groups is 1. The molecule has 0 saturated heterocycles. The second kappa shape index (κ2) is 7.53. The van der Waals surface area contributed by atoms with E-state index < -0.39 is 29.8 Å². The summed E-state index contributed by atoms with van der Waals surface area (Å²) in [5.74, 6) is -3.17. The fraction of sp³-hybridized carbons (Fsp3) is 0.357. The van der Waals surface area contributed by atoms with E-state index in [-0.39, 0.29) is 30.6 Å². The van der Waals surface area contributed by atoms with Crippen LogP contribution in [0.2, 0.25) is 0 Å². The van der Waals surface area contributed by atoms with Crippen molar-refractivity contribution in [1.29, 1.82) is 0 Å². The number of phenolic OH excluding ortho intramolecular Hbond substituents is 1. The molecule has 0 aliphatic rings. The van der Waals surface area contributed by atoms with Crippen molar-refractivity contribution in [2.45, 2.75) is 31.3 Å². The summed E-state index contributed by atoms with van der Waals surface area (Å²) >= 11 is 0. The van der Waals surface area contributed by atoms with Gasteiger partial charge in [0.15, 0.2) is 5.78 Å². The molecule has 7 N–H and O–H groups in total. The van der Waals surface area contributed by atoms with Crippen LogP contribution in [0.3, 0.4) is 0 Å². The summed E-state index contributed by atoms with van der Waals surface area (Å²) in [6.07, 6.45) is -0.343. The zero-order valence-electron chi connectivity index (χ0n) is 11.7. The molecule has 8 nitrogen and oxygen atoms in total. The third-order valence-electron chi connectivity index (χ3n) is 3.11. The standard InChI is InChI=1S/C14H18N2O6/c15-9(2-4-12(18)19)13(20)8-5-7(1-3-11(8)17)6-10(16)14(21)22/h1,3,5,9-10,17H,2,4,6,15-16H2,(H,18,19)(H,21,22)/t9-,10-/m0/s1. The number of nitrogens with two attached hydrogens (primary N) is 2. The van der Waals surface area contributed by atoms with Gasteiger partial charge in [0.25, 0.3) is 0 Å². The average Bonchev–Trinajstić information content (AvgIpc) is 2.45. The number of ketones is 1. The molecule has 0 radical (unpaired) electrons. The SMILES string of the molecule is N[C@@H](Cc1ccc(O)c(C(=O)[C@@H](N)CCC(=O)O)c1)C(=O)O. The summed E-state index contributed by atoms with van der Waals surface area (Å²) < 4.78 is 0. The molecule has 2 atom stereocenters. The minimum Gasteiger partial charge on any atom is -0.507 e. The molecule has 0 heterocycles. The first-order valence-corrected chi connectivity index (χ1v) is 6.54. The Morgan fingerprint density at radius 3 is 2.27 bits per heavy atom. The number of hydrogen-bond acceptors (Lipinski definition) is 6. The molecule has 0 spiro atoms. The highest BCUT2D eigenvalue weighted by molar-refractivity contribution is 6.02. The Labute approximate surface area is 126 Å². The van der Waals surface area contributed by atoms with Gasteiger partial charge in [-0.2, -0.15) is 0 Å². The Bertz CT molecular complexity index is 587. The number of carboxylic acid groups (broad SMARTS) is 2. The van der Waals surface area contributed by atoms with Gasteiger partial charge < -0.3 is 26.8 Å². The molecular weight excluding hydrogens is 292 g/mol. The molecule has 0 aromatic heterocycles. The topological polar surface area (TPSA) is 164 Å². The van der Waals surface area contributed by atoms with Crippen LogP contribution in [0.5, 0.6) is 5.75 Å². The van der Waals surface area contributed by atoms with E-state index in [9.17, 15) is 19.5 Å². The minimum absolute atomic E-state index is 0.0136. The van der Waals surface area contributed by atoms with Crippen LogP contribution in [0.4, 0.5) is 0 Å². The third kappa shape index (κ3) is 4.83. The molecule has 1 aromatic rings. The summed E-state index contributed by atoms with van der Waals surface area (Å²) in [5, 5.41) is 27.1. The van der Waals surface area contributed by atoms with E-state index >= 15 is 0 Å². The van der Waals surface area contributed by atoms with Gasteiger partial charge in [0.1, 0.15) is 11.8 Å². The molecule has 0 aliphatic carbocycles. The maximum atomic E-state index is 12.1. The highest BCUT2D eigenvalue weighted by Crippen LogP contribution is 2.21. The number of carbonyl (C=O) groups is 3. The second-order valence-corrected chi connectivity index (χ2v) is 4.90. The van der Waals surface area contributed by atoms with Gasteiger partial charge in [-0.1, -0.05) is 6.07 Å². The van der Waals surface area contributed by atoms with Crippen LogP contribution in [-0.4, -0.2) is 45.1 Å². The van der Waals surface area contributed by atoms with Crippen LogP contribution in [0.25, 0.3) is 0 Å². The molecule has 8 heteroatoms. The molecule has 22 heavy (non-hydrogen) atoms. The van der Waals surface area contributed by atoms with Gasteiger partial charge in [-0.3, -0.25) is 14.4 Å². The Morgan fingerprint density at radius 1 is 1.09 bits per heavy atom. The van der Waals surface area contributed by atoms with E-state index in [0.717, 1.165) is 0 Å². The molecule has 0 aliphatic heterocycles. The maximum Gasteiger partial charge on any atom is 0.320 e. The van der Waals surface area contributed by atoms with Crippen LogP contribution in [0.1, 0.15) is 28.8 Å². The lowest BCUT2D eigenvalue weighted by Crippen LogP contribution is -2.33. The van der Waals surface area contributed by atoms with Crippen LogP contribution >= 0.6 is 0 Å². The molecular formula is C14H18N2O6. The number of hydrogen-bond donors (Lipinski definition) is 5. The Kier molecular flexibility index (Phi) is 6.02. The summed E-state index contributed by atoms with van der Waals surface area (Å²) in [5.41, 5.74) is 11.4. The summed E-state index contributed by atoms with van der Waals surface area (Å²) in [4.78, 5) is 33.3. The first kappa shape index (κ1) is 17.6. The van der Waals surface area contributed by atoms with E-state index in [1.54, 1.807) is 0 Å². The van der Waals surface area contributed by atoms with Gasteiger partial charge in [0.2, 0.25) is 0 Å². The fourth-order valence-electron chi connectivity index (χ4n) is 1.86. The lowest BCUT2D eigenvalue weighted by Gasteiger charge is -2.13. The highest BCUT2D eigenvalue weighted by Gasteiger charge is 2.21. The van der Waals surface area contributed by atoms with Crippen molar-refractivity contribution >= 4 is 17.7 Å². The van der Waals surface area contributed by atoms with Gasteiger partial charge in [-0.05, 0) is 30.5 Å². The number of carboxylic acids is 2. The minimum atomic E-state index is -1.18. The van der Waals surface area contributed by atoms with Crippen LogP contribution in [0.15, 0.2) is 18.2 Å². The van der Waals surface area contributed by atoms with Gasteiger partial charge in [0.05, 0.1) is 11.6 Å². The molecule has 0 saturated carbocycles. The number of carbonyl (C=O) groups excluding carboxylic acids is 1. The highest BCUT2D eigenvalue weighted by atomic mass is 16.4. The van der Waals surface area contributed by atoms with Crippen molar-refractivity contribution in [2.75, 3.05) is 0 Å². The first-order chi connectivity index (χ1) is 10.2. The smallest absolute Gasteiger partial charge is 0.320 e. The lowest BCUT2D eigenvalue weighted by molar-refractivity contribution is -0.139. The number of Topliss-reactive ketones (excluding diaryl/α,β-unsaturated/α-hetero) is 1. The van der Waals surface area contributed by atoms with Gasteiger partial charge in [0, 0.05) is 6.42 Å². The zero-order chi connectivity index (χ0) is 16.9. The van der Waals surface area contributed by atoms with Gasteiger partial charge in [-0.15, -0.1) is 0 Å². The number of phenols is 1. The molecule has 0 bridgehead atoms. The van der Waals surface area contributed by atoms with Crippen molar-refractivity contribution in [2.24, 2.45) is 11.5 Å². The van der Waals surface area contributed by atoms with E-state index in [4.69, 9.17) is 21.7 Å². The quantitative estimate of drug-likeness (QED) is 0.409. The van der Waals surface area contributed by atoms with Crippen LogP contribution in [-0.2, 0) is 16.0 Å². The number of rotatable bonds is 8. The molecule has 0 unspecified atom stereocenters. The van der Waals surface area contributed by atoms with Crippen molar-refractivity contribution in [3.63, 3.8) is 0 Å². The monoisotopic (exact) mass is 310 g/mol. The first-order valence-electron chi connectivity index (χ1n) is 6.54. The lowest BCUT2D eigenvalue weighted by atomic mass is 9.96. The molecule has 0 fully saturated rings. The van der Waals surface area contributed by atoms with E-state index in [0.29, 0.717) is 5.56 Å². The molecule has 0 amide bonds. The number of benzene rings is 1. The van der Waals surface area contributed by atoms with Gasteiger partial charge in [-0.25, -0.2) is 0 Å². The predicted molar refractivity (Wildman–Crippen MR) is 76.6 cm³/mol. The Morgan fingerprint density at radius 2 is 1.73 bits per heavy atom. The Hall–Kier alpha value is -2.45. The molecule has 1 rings (SSSR count). The summed E-state index contributed by atoms with van der Waals surface area (Å²) in [6, 6.07) is 1.83. The van der Waals surface area contributed by atoms with Gasteiger partial charge >= 0.3 is 11.9 Å². The van der Waals surface area contributed by atoms with Crippen molar-refractivity contribution in [3.8, 4) is 5.75 Å². The van der Waals surface area contributed by atoms with Crippen LogP contribution in [0, 0.1) is 0 Å². The average molecular weight is 310 g/mol. The normalized spacial score (nSPS) is 13.4. The molecule has 120 valence electrons. The van der Waals surface area contributed by atoms with Crippen molar-refractivity contribution < 1.29 is 29.7 Å². The Balaban J connectivity index is 2.91. The maximum absolute atomic E-state index is 12.1.